The van der Waals surface area contributed by atoms with E-state index in [4.69, 9.17) is 4.74 Å². The first-order valence-electron chi connectivity index (χ1n) is 9.51. The summed E-state index contributed by atoms with van der Waals surface area (Å²) < 4.78 is 5.81. The Morgan fingerprint density at radius 3 is 2.50 bits per heavy atom. The molecule has 138 valence electrons. The highest BCUT2D eigenvalue weighted by molar-refractivity contribution is 5.82. The summed E-state index contributed by atoms with van der Waals surface area (Å²) in [4.78, 5) is 15.0. The maximum absolute atomic E-state index is 12.6. The van der Waals surface area contributed by atoms with Crippen LogP contribution in [0.5, 0.6) is 5.75 Å². The third kappa shape index (κ3) is 4.44. The maximum Gasteiger partial charge on any atom is 0.261 e. The van der Waals surface area contributed by atoms with Gasteiger partial charge in [0, 0.05) is 19.0 Å². The molecule has 1 aliphatic heterocycles. The number of amides is 1. The van der Waals surface area contributed by atoms with E-state index in [0.29, 0.717) is 13.0 Å². The lowest BCUT2D eigenvalue weighted by Crippen LogP contribution is -2.48. The second-order valence-electron chi connectivity index (χ2n) is 6.73. The van der Waals surface area contributed by atoms with Gasteiger partial charge in [0.1, 0.15) is 5.75 Å². The summed E-state index contributed by atoms with van der Waals surface area (Å²) in [5.41, 5.74) is 2.40. The van der Waals surface area contributed by atoms with Gasteiger partial charge in [-0.2, -0.15) is 0 Å². The normalized spacial score (nSPS) is 16.8. The second kappa shape index (κ2) is 8.86. The van der Waals surface area contributed by atoms with Crippen molar-refractivity contribution in [2.45, 2.75) is 38.8 Å². The van der Waals surface area contributed by atoms with Crippen molar-refractivity contribution in [3.05, 3.63) is 65.7 Å². The molecule has 0 bridgehead atoms. The van der Waals surface area contributed by atoms with E-state index < -0.39 is 6.10 Å². The molecule has 1 amide bonds. The zero-order valence-corrected chi connectivity index (χ0v) is 15.7. The Bertz CT molecular complexity index is 688. The minimum Gasteiger partial charge on any atom is -0.480 e. The van der Waals surface area contributed by atoms with Gasteiger partial charge in [0.25, 0.3) is 5.91 Å². The highest BCUT2D eigenvalue weighted by atomic mass is 16.5. The molecule has 4 heteroatoms. The van der Waals surface area contributed by atoms with E-state index in [0.717, 1.165) is 30.8 Å². The predicted molar refractivity (Wildman–Crippen MR) is 104 cm³/mol. The average molecular weight is 352 g/mol. The molecule has 0 fully saturated rings. The average Bonchev–Trinajstić information content (AvgIpc) is 3.12. The Balaban J connectivity index is 1.59. The van der Waals surface area contributed by atoms with Crippen LogP contribution in [0.25, 0.3) is 0 Å². The minimum absolute atomic E-state index is 0.0218. The van der Waals surface area contributed by atoms with Crippen LogP contribution >= 0.6 is 0 Å². The van der Waals surface area contributed by atoms with Gasteiger partial charge in [-0.25, -0.2) is 0 Å². The number of nitrogens with one attached hydrogen (secondary N) is 1. The van der Waals surface area contributed by atoms with Crippen LogP contribution in [0.4, 0.5) is 0 Å². The molecule has 2 atom stereocenters. The highest BCUT2D eigenvalue weighted by Crippen LogP contribution is 2.28. The number of nitrogens with zero attached hydrogens (tertiary/aromatic N) is 1. The molecular weight excluding hydrogens is 324 g/mol. The Labute approximate surface area is 156 Å². The number of carbonyl (C=O) groups excluding carboxylic acids is 1. The van der Waals surface area contributed by atoms with Gasteiger partial charge in [0.05, 0.1) is 0 Å². The smallest absolute Gasteiger partial charge is 0.261 e. The number of rotatable bonds is 8. The third-order valence-electron chi connectivity index (χ3n) is 5.09. The Kier molecular flexibility index (Phi) is 6.29. The van der Waals surface area contributed by atoms with Gasteiger partial charge in [-0.05, 0) is 36.7 Å². The van der Waals surface area contributed by atoms with Crippen LogP contribution in [0.15, 0.2) is 54.6 Å². The monoisotopic (exact) mass is 352 g/mol. The van der Waals surface area contributed by atoms with Crippen molar-refractivity contribution in [3.8, 4) is 5.75 Å². The van der Waals surface area contributed by atoms with Gasteiger partial charge in [-0.1, -0.05) is 62.4 Å². The Morgan fingerprint density at radius 1 is 1.12 bits per heavy atom. The van der Waals surface area contributed by atoms with Crippen LogP contribution in [0.2, 0.25) is 0 Å². The molecule has 0 saturated carbocycles. The Hall–Kier alpha value is -2.33. The number of likely N-dealkylation sites (N-methyl/N-ethyl adjacent to an activating group) is 1. The van der Waals surface area contributed by atoms with E-state index in [2.05, 4.69) is 48.3 Å². The van der Waals surface area contributed by atoms with Crippen LogP contribution < -0.4 is 10.1 Å². The van der Waals surface area contributed by atoms with Gasteiger partial charge in [-0.3, -0.25) is 9.69 Å². The van der Waals surface area contributed by atoms with Crippen molar-refractivity contribution in [2.75, 3.05) is 19.6 Å². The molecule has 0 radical (unpaired) electrons. The fourth-order valence-electron chi connectivity index (χ4n) is 3.62. The molecule has 0 saturated heterocycles. The van der Waals surface area contributed by atoms with Gasteiger partial charge in [-0.15, -0.1) is 0 Å². The SMILES string of the molecule is CCN(CC)C(CNC(=O)C1Cc2ccccc2O1)Cc1ccccc1. The van der Waals surface area contributed by atoms with Crippen LogP contribution in [0.1, 0.15) is 25.0 Å². The van der Waals surface area contributed by atoms with E-state index in [1.807, 2.05) is 30.3 Å². The molecule has 2 aromatic rings. The van der Waals surface area contributed by atoms with Crippen molar-refractivity contribution in [3.63, 3.8) is 0 Å². The van der Waals surface area contributed by atoms with Crippen LogP contribution in [0.3, 0.4) is 0 Å². The van der Waals surface area contributed by atoms with Crippen LogP contribution in [-0.2, 0) is 17.6 Å². The lowest BCUT2D eigenvalue weighted by atomic mass is 10.0. The lowest BCUT2D eigenvalue weighted by Gasteiger charge is -2.30. The first-order valence-corrected chi connectivity index (χ1v) is 9.51. The molecule has 1 heterocycles. The summed E-state index contributed by atoms with van der Waals surface area (Å²) in [5.74, 6) is 0.809. The predicted octanol–water partition coefficient (Wildman–Crippen LogP) is 3.06. The minimum atomic E-state index is -0.415. The zero-order valence-electron chi connectivity index (χ0n) is 15.7. The summed E-state index contributed by atoms with van der Waals surface area (Å²) in [6.07, 6.45) is 1.16. The molecule has 2 aromatic carbocycles. The van der Waals surface area contributed by atoms with Gasteiger partial charge >= 0.3 is 0 Å². The molecule has 0 spiro atoms. The lowest BCUT2D eigenvalue weighted by molar-refractivity contribution is -0.127. The zero-order chi connectivity index (χ0) is 18.4. The summed E-state index contributed by atoms with van der Waals surface area (Å²) in [7, 11) is 0. The van der Waals surface area contributed by atoms with Crippen molar-refractivity contribution in [2.24, 2.45) is 0 Å². The largest absolute Gasteiger partial charge is 0.480 e. The fourth-order valence-corrected chi connectivity index (χ4v) is 3.62. The van der Waals surface area contributed by atoms with Crippen molar-refractivity contribution < 1.29 is 9.53 Å². The molecule has 1 aliphatic rings. The molecular formula is C22H28N2O2. The van der Waals surface area contributed by atoms with E-state index in [-0.39, 0.29) is 11.9 Å². The Morgan fingerprint density at radius 2 is 1.81 bits per heavy atom. The molecule has 1 N–H and O–H groups in total. The first-order chi connectivity index (χ1) is 12.7. The quantitative estimate of drug-likeness (QED) is 0.794. The number of fused-ring (bicyclic) bond motifs is 1. The van der Waals surface area contributed by atoms with Crippen LogP contribution in [0, 0.1) is 0 Å². The van der Waals surface area contributed by atoms with Crippen LogP contribution in [-0.4, -0.2) is 42.6 Å². The standard InChI is InChI=1S/C22H28N2O2/c1-3-24(4-2)19(14-17-10-6-5-7-11-17)16-23-22(25)21-15-18-12-8-9-13-20(18)26-21/h5-13,19,21H,3-4,14-16H2,1-2H3,(H,23,25). The van der Waals surface area contributed by atoms with E-state index in [9.17, 15) is 4.79 Å². The highest BCUT2D eigenvalue weighted by Gasteiger charge is 2.29. The molecule has 4 nitrogen and oxygen atoms in total. The fraction of sp³-hybridized carbons (Fsp3) is 0.409. The number of hydrogen-bond acceptors (Lipinski definition) is 3. The summed E-state index contributed by atoms with van der Waals surface area (Å²) in [6.45, 7) is 6.90. The number of benzene rings is 2. The number of carbonyl (C=O) groups is 1. The van der Waals surface area contributed by atoms with E-state index >= 15 is 0 Å². The van der Waals surface area contributed by atoms with Crippen molar-refractivity contribution >= 4 is 5.91 Å². The number of para-hydroxylation sites is 1. The summed E-state index contributed by atoms with van der Waals surface area (Å²) >= 11 is 0. The summed E-state index contributed by atoms with van der Waals surface area (Å²) in [6, 6.07) is 18.6. The topological polar surface area (TPSA) is 41.6 Å². The second-order valence-corrected chi connectivity index (χ2v) is 6.73. The maximum atomic E-state index is 12.6. The molecule has 2 unspecified atom stereocenters. The van der Waals surface area contributed by atoms with Crippen molar-refractivity contribution in [1.82, 2.24) is 10.2 Å². The van der Waals surface area contributed by atoms with Gasteiger partial charge < -0.3 is 10.1 Å². The molecule has 26 heavy (non-hydrogen) atoms. The summed E-state index contributed by atoms with van der Waals surface area (Å²) in [5, 5.41) is 3.12. The molecule has 0 aliphatic carbocycles. The van der Waals surface area contributed by atoms with E-state index in [1.165, 1.54) is 5.56 Å². The van der Waals surface area contributed by atoms with Gasteiger partial charge in [0.15, 0.2) is 6.10 Å². The molecule has 3 rings (SSSR count). The molecule has 0 aromatic heterocycles. The first kappa shape index (κ1) is 18.5. The van der Waals surface area contributed by atoms with Crippen molar-refractivity contribution in [1.29, 1.82) is 0 Å². The third-order valence-corrected chi connectivity index (χ3v) is 5.09. The number of ether oxygens (including phenoxy) is 1. The van der Waals surface area contributed by atoms with E-state index in [1.54, 1.807) is 0 Å². The van der Waals surface area contributed by atoms with Gasteiger partial charge in [0.2, 0.25) is 0 Å². The number of hydrogen-bond donors (Lipinski definition) is 1.